The molecule has 0 unspecified atom stereocenters. The summed E-state index contributed by atoms with van der Waals surface area (Å²) in [6.45, 7) is 0. The minimum absolute atomic E-state index is 0.0985. The Kier molecular flexibility index (Phi) is 4.70. The van der Waals surface area contributed by atoms with E-state index in [-0.39, 0.29) is 28.8 Å². The Bertz CT molecular complexity index is 1120. The zero-order chi connectivity index (χ0) is 20.8. The molecular formula is C20H15F3N2O3S. The van der Waals surface area contributed by atoms with Gasteiger partial charge in [-0.2, -0.15) is 0 Å². The van der Waals surface area contributed by atoms with E-state index in [2.05, 4.69) is 4.74 Å². The number of rotatable bonds is 3. The molecule has 1 atom stereocenters. The molecule has 0 saturated heterocycles. The van der Waals surface area contributed by atoms with Crippen molar-refractivity contribution in [3.05, 3.63) is 74.7 Å². The van der Waals surface area contributed by atoms with Gasteiger partial charge in [0.25, 0.3) is 0 Å². The maximum absolute atomic E-state index is 13.1. The lowest BCUT2D eigenvalue weighted by molar-refractivity contribution is -0.274. The van der Waals surface area contributed by atoms with Crippen LogP contribution in [0.2, 0.25) is 0 Å². The molecule has 0 aliphatic carbocycles. The monoisotopic (exact) mass is 420 g/mol. The molecule has 0 radical (unpaired) electrons. The third-order valence-electron chi connectivity index (χ3n) is 4.68. The van der Waals surface area contributed by atoms with E-state index in [0.717, 1.165) is 29.0 Å². The van der Waals surface area contributed by atoms with E-state index in [4.69, 9.17) is 0 Å². The summed E-state index contributed by atoms with van der Waals surface area (Å²) in [5.41, 5.74) is 1.11. The van der Waals surface area contributed by atoms with Crippen LogP contribution < -0.4 is 14.5 Å². The van der Waals surface area contributed by atoms with Gasteiger partial charge < -0.3 is 4.74 Å². The molecule has 1 aliphatic rings. The third-order valence-corrected chi connectivity index (χ3v) is 5.81. The van der Waals surface area contributed by atoms with Crippen LogP contribution in [0.5, 0.6) is 5.75 Å². The number of hydrogen-bond acceptors (Lipinski definition) is 4. The average molecular weight is 420 g/mol. The highest BCUT2D eigenvalue weighted by molar-refractivity contribution is 7.10. The van der Waals surface area contributed by atoms with Crippen LogP contribution >= 0.6 is 11.3 Å². The van der Waals surface area contributed by atoms with Crippen LogP contribution in [0.1, 0.15) is 22.8 Å². The molecule has 9 heteroatoms. The predicted octanol–water partition coefficient (Wildman–Crippen LogP) is 4.55. The van der Waals surface area contributed by atoms with E-state index >= 15 is 0 Å². The standard InChI is InChI=1S/C20H15F3N2O3S/c1-24-18-17(29-19(24)27)15(12-6-3-2-4-7-12)11-16(26)25(18)13-8-5-9-14(10-13)28-20(21,22)23/h2-10,15H,11H2,1H3/t15-/m1/s1. The van der Waals surface area contributed by atoms with Gasteiger partial charge in [-0.1, -0.05) is 47.7 Å². The largest absolute Gasteiger partial charge is 0.573 e. The summed E-state index contributed by atoms with van der Waals surface area (Å²) >= 11 is 1.04. The SMILES string of the molecule is Cn1c2c(sc1=O)[C@@H](c1ccccc1)CC(=O)N2c1cccc(OC(F)(F)F)c1. The van der Waals surface area contributed by atoms with Crippen LogP contribution in [0, 0.1) is 0 Å². The van der Waals surface area contributed by atoms with Crippen molar-refractivity contribution < 1.29 is 22.7 Å². The number of aromatic nitrogens is 1. The molecule has 1 aliphatic heterocycles. The normalized spacial score (nSPS) is 16.6. The van der Waals surface area contributed by atoms with Gasteiger partial charge in [-0.25, -0.2) is 0 Å². The summed E-state index contributed by atoms with van der Waals surface area (Å²) in [5.74, 6) is -0.670. The number of anilines is 2. The minimum atomic E-state index is -4.84. The number of thiazole rings is 1. The lowest BCUT2D eigenvalue weighted by Crippen LogP contribution is -2.34. The number of halogens is 3. The minimum Gasteiger partial charge on any atom is -0.406 e. The van der Waals surface area contributed by atoms with Gasteiger partial charge in [-0.05, 0) is 17.7 Å². The second-order valence-corrected chi connectivity index (χ2v) is 7.55. The number of carbonyl (C=O) groups excluding carboxylic acids is 1. The number of alkyl halides is 3. The summed E-state index contributed by atoms with van der Waals surface area (Å²) in [6.07, 6.45) is -4.75. The second kappa shape index (κ2) is 7.07. The van der Waals surface area contributed by atoms with Crippen molar-refractivity contribution in [2.45, 2.75) is 18.7 Å². The van der Waals surface area contributed by atoms with Crippen molar-refractivity contribution in [1.82, 2.24) is 4.57 Å². The smallest absolute Gasteiger partial charge is 0.406 e. The van der Waals surface area contributed by atoms with Crippen LogP contribution in [0.25, 0.3) is 0 Å². The number of ether oxygens (including phenoxy) is 1. The predicted molar refractivity (Wildman–Crippen MR) is 103 cm³/mol. The Morgan fingerprint density at radius 3 is 2.48 bits per heavy atom. The van der Waals surface area contributed by atoms with Crippen molar-refractivity contribution >= 4 is 28.7 Å². The fourth-order valence-electron chi connectivity index (χ4n) is 3.46. The van der Waals surface area contributed by atoms with Gasteiger partial charge in [0.1, 0.15) is 11.6 Å². The van der Waals surface area contributed by atoms with E-state index in [9.17, 15) is 22.8 Å². The Morgan fingerprint density at radius 1 is 1.07 bits per heavy atom. The second-order valence-electron chi connectivity index (χ2n) is 6.56. The number of carbonyl (C=O) groups is 1. The number of fused-ring (bicyclic) bond motifs is 1. The first-order chi connectivity index (χ1) is 13.7. The van der Waals surface area contributed by atoms with Crippen molar-refractivity contribution in [3.63, 3.8) is 0 Å². The van der Waals surface area contributed by atoms with Gasteiger partial charge >= 0.3 is 11.2 Å². The summed E-state index contributed by atoms with van der Waals surface area (Å²) in [5, 5.41) is 0. The maximum Gasteiger partial charge on any atom is 0.573 e. The molecule has 0 N–H and O–H groups in total. The Hall–Kier alpha value is -3.07. The van der Waals surface area contributed by atoms with Gasteiger partial charge in [0.2, 0.25) is 5.91 Å². The molecule has 1 aromatic heterocycles. The zero-order valence-corrected chi connectivity index (χ0v) is 16.0. The first-order valence-corrected chi connectivity index (χ1v) is 9.49. The highest BCUT2D eigenvalue weighted by Gasteiger charge is 2.38. The maximum atomic E-state index is 13.1. The summed E-state index contributed by atoms with van der Waals surface area (Å²) < 4.78 is 43.1. The molecule has 2 aromatic carbocycles. The highest BCUT2D eigenvalue weighted by Crippen LogP contribution is 2.45. The summed E-state index contributed by atoms with van der Waals surface area (Å²) in [6, 6.07) is 14.5. The fourth-order valence-corrected chi connectivity index (χ4v) is 4.56. The summed E-state index contributed by atoms with van der Waals surface area (Å²) in [7, 11) is 1.54. The van der Waals surface area contributed by atoms with E-state index in [1.807, 2.05) is 30.3 Å². The first-order valence-electron chi connectivity index (χ1n) is 8.68. The lowest BCUT2D eigenvalue weighted by Gasteiger charge is -2.32. The molecule has 0 fully saturated rings. The van der Waals surface area contributed by atoms with E-state index in [0.29, 0.717) is 10.7 Å². The topological polar surface area (TPSA) is 51.5 Å². The van der Waals surface area contributed by atoms with Crippen LogP contribution in [0.15, 0.2) is 59.4 Å². The van der Waals surface area contributed by atoms with Crippen molar-refractivity contribution in [3.8, 4) is 5.75 Å². The molecular weight excluding hydrogens is 405 g/mol. The van der Waals surface area contributed by atoms with Crippen LogP contribution in [-0.2, 0) is 11.8 Å². The Labute approximate surface area is 167 Å². The average Bonchev–Trinajstić information content (AvgIpc) is 2.96. The van der Waals surface area contributed by atoms with Gasteiger partial charge in [0, 0.05) is 25.5 Å². The lowest BCUT2D eigenvalue weighted by atomic mass is 9.90. The van der Waals surface area contributed by atoms with Gasteiger partial charge in [-0.15, -0.1) is 13.2 Å². The number of benzene rings is 2. The number of nitrogens with zero attached hydrogens (tertiary/aromatic N) is 2. The molecule has 3 aromatic rings. The van der Waals surface area contributed by atoms with Crippen molar-refractivity contribution in [1.29, 1.82) is 0 Å². The van der Waals surface area contributed by atoms with E-state index in [1.54, 1.807) is 7.05 Å². The van der Waals surface area contributed by atoms with Gasteiger partial charge in [0.05, 0.1) is 10.6 Å². The zero-order valence-electron chi connectivity index (χ0n) is 15.1. The highest BCUT2D eigenvalue weighted by atomic mass is 32.1. The molecule has 5 nitrogen and oxygen atoms in total. The molecule has 29 heavy (non-hydrogen) atoms. The van der Waals surface area contributed by atoms with Gasteiger partial charge in [-0.3, -0.25) is 19.1 Å². The molecule has 0 bridgehead atoms. The molecule has 4 rings (SSSR count). The molecule has 0 saturated carbocycles. The van der Waals surface area contributed by atoms with Crippen molar-refractivity contribution in [2.24, 2.45) is 7.05 Å². The molecule has 150 valence electrons. The van der Waals surface area contributed by atoms with E-state index in [1.165, 1.54) is 21.6 Å². The summed E-state index contributed by atoms with van der Waals surface area (Å²) in [4.78, 5) is 27.2. The van der Waals surface area contributed by atoms with Crippen molar-refractivity contribution in [2.75, 3.05) is 4.90 Å². The third kappa shape index (κ3) is 3.65. The van der Waals surface area contributed by atoms with Crippen LogP contribution in [-0.4, -0.2) is 16.8 Å². The number of hydrogen-bond donors (Lipinski definition) is 0. The fraction of sp³-hybridized carbons (Fsp3) is 0.200. The molecule has 1 amide bonds. The quantitative estimate of drug-likeness (QED) is 0.625. The van der Waals surface area contributed by atoms with Gasteiger partial charge in [0.15, 0.2) is 0 Å². The molecule has 0 spiro atoms. The Morgan fingerprint density at radius 2 is 1.79 bits per heavy atom. The Balaban J connectivity index is 1.82. The van der Waals surface area contributed by atoms with Crippen LogP contribution in [0.4, 0.5) is 24.7 Å². The van der Waals surface area contributed by atoms with Crippen LogP contribution in [0.3, 0.4) is 0 Å². The number of amides is 1. The van der Waals surface area contributed by atoms with E-state index < -0.39 is 12.1 Å². The first kappa shape index (κ1) is 19.3. The molecule has 2 heterocycles.